The van der Waals surface area contributed by atoms with Crippen LogP contribution in [0.5, 0.6) is 0 Å². The van der Waals surface area contributed by atoms with Gasteiger partial charge in [-0.2, -0.15) is 0 Å². The highest BCUT2D eigenvalue weighted by Gasteiger charge is 2.39. The van der Waals surface area contributed by atoms with Gasteiger partial charge >= 0.3 is 0 Å². The SMILES string of the molecule is NC(=O)c1ccc(CNC2CC3CCC2C3)c(F)c1. The summed E-state index contributed by atoms with van der Waals surface area (Å²) in [6, 6.07) is 4.99. The lowest BCUT2D eigenvalue weighted by molar-refractivity contribution is 0.1000. The molecule has 2 fully saturated rings. The number of rotatable bonds is 4. The first-order valence-corrected chi connectivity index (χ1v) is 6.95. The Balaban J connectivity index is 1.62. The lowest BCUT2D eigenvalue weighted by Gasteiger charge is -2.23. The first kappa shape index (κ1) is 12.6. The largest absolute Gasteiger partial charge is 0.366 e. The fourth-order valence-corrected chi connectivity index (χ4v) is 3.58. The maximum Gasteiger partial charge on any atom is 0.248 e. The molecule has 0 heterocycles. The first-order valence-electron chi connectivity index (χ1n) is 6.95. The molecule has 3 nitrogen and oxygen atoms in total. The second-order valence-electron chi connectivity index (χ2n) is 5.83. The zero-order valence-corrected chi connectivity index (χ0v) is 10.9. The normalized spacial score (nSPS) is 28.8. The van der Waals surface area contributed by atoms with E-state index in [1.807, 2.05) is 0 Å². The average molecular weight is 262 g/mol. The van der Waals surface area contributed by atoms with E-state index in [-0.39, 0.29) is 11.4 Å². The van der Waals surface area contributed by atoms with Crippen LogP contribution in [0.3, 0.4) is 0 Å². The van der Waals surface area contributed by atoms with Crippen molar-refractivity contribution in [1.82, 2.24) is 5.32 Å². The van der Waals surface area contributed by atoms with E-state index in [9.17, 15) is 9.18 Å². The summed E-state index contributed by atoms with van der Waals surface area (Å²) in [4.78, 5) is 11.0. The van der Waals surface area contributed by atoms with Gasteiger partial charge in [-0.3, -0.25) is 4.79 Å². The molecule has 2 aliphatic carbocycles. The second kappa shape index (κ2) is 4.93. The zero-order chi connectivity index (χ0) is 13.4. The third kappa shape index (κ3) is 2.50. The number of carbonyl (C=O) groups is 1. The van der Waals surface area contributed by atoms with Crippen molar-refractivity contribution in [1.29, 1.82) is 0 Å². The molecule has 3 unspecified atom stereocenters. The number of fused-ring (bicyclic) bond motifs is 2. The lowest BCUT2D eigenvalue weighted by atomic mass is 9.95. The molecule has 2 saturated carbocycles. The van der Waals surface area contributed by atoms with Crippen LogP contribution in [0.4, 0.5) is 4.39 Å². The van der Waals surface area contributed by atoms with E-state index in [1.165, 1.54) is 31.7 Å². The third-order valence-electron chi connectivity index (χ3n) is 4.63. The molecule has 0 spiro atoms. The van der Waals surface area contributed by atoms with Gasteiger partial charge in [0.1, 0.15) is 5.82 Å². The van der Waals surface area contributed by atoms with Crippen molar-refractivity contribution >= 4 is 5.91 Å². The Hall–Kier alpha value is -1.42. The van der Waals surface area contributed by atoms with Crippen molar-refractivity contribution in [2.75, 3.05) is 0 Å². The highest BCUT2D eigenvalue weighted by molar-refractivity contribution is 5.92. The van der Waals surface area contributed by atoms with Crippen molar-refractivity contribution in [3.05, 3.63) is 35.1 Å². The number of nitrogens with two attached hydrogens (primary N) is 1. The molecule has 0 aliphatic heterocycles. The van der Waals surface area contributed by atoms with E-state index >= 15 is 0 Å². The molecule has 3 atom stereocenters. The lowest BCUT2D eigenvalue weighted by Crippen LogP contribution is -2.33. The van der Waals surface area contributed by atoms with E-state index in [0.717, 1.165) is 11.8 Å². The molecule has 4 heteroatoms. The van der Waals surface area contributed by atoms with Gasteiger partial charge in [0.25, 0.3) is 0 Å². The van der Waals surface area contributed by atoms with Gasteiger partial charge in [-0.25, -0.2) is 4.39 Å². The molecule has 1 amide bonds. The summed E-state index contributed by atoms with van der Waals surface area (Å²) in [7, 11) is 0. The van der Waals surface area contributed by atoms with Gasteiger partial charge in [-0.15, -0.1) is 0 Å². The molecule has 2 bridgehead atoms. The fourth-order valence-electron chi connectivity index (χ4n) is 3.58. The molecule has 2 aliphatic rings. The predicted octanol–water partition coefficient (Wildman–Crippen LogP) is 2.20. The quantitative estimate of drug-likeness (QED) is 0.874. The molecule has 102 valence electrons. The van der Waals surface area contributed by atoms with Crippen LogP contribution in [0.1, 0.15) is 41.6 Å². The average Bonchev–Trinajstić information content (AvgIpc) is 2.99. The summed E-state index contributed by atoms with van der Waals surface area (Å²) >= 11 is 0. The Morgan fingerprint density at radius 3 is 2.79 bits per heavy atom. The van der Waals surface area contributed by atoms with Crippen molar-refractivity contribution in [3.8, 4) is 0 Å². The number of nitrogens with one attached hydrogen (secondary N) is 1. The minimum atomic E-state index is -0.591. The number of hydrogen-bond donors (Lipinski definition) is 2. The van der Waals surface area contributed by atoms with Gasteiger partial charge in [0, 0.05) is 23.7 Å². The van der Waals surface area contributed by atoms with Gasteiger partial charge in [0.2, 0.25) is 5.91 Å². The predicted molar refractivity (Wildman–Crippen MR) is 71.0 cm³/mol. The third-order valence-corrected chi connectivity index (χ3v) is 4.63. The Kier molecular flexibility index (Phi) is 3.27. The van der Waals surface area contributed by atoms with Crippen LogP contribution in [0.2, 0.25) is 0 Å². The maximum absolute atomic E-state index is 13.8. The van der Waals surface area contributed by atoms with Crippen LogP contribution in [0, 0.1) is 17.7 Å². The van der Waals surface area contributed by atoms with E-state index < -0.39 is 5.91 Å². The number of carbonyl (C=O) groups excluding carboxylic acids is 1. The first-order chi connectivity index (χ1) is 9.13. The monoisotopic (exact) mass is 262 g/mol. The number of amides is 1. The second-order valence-corrected chi connectivity index (χ2v) is 5.83. The summed E-state index contributed by atoms with van der Waals surface area (Å²) in [6.07, 6.45) is 5.24. The van der Waals surface area contributed by atoms with Crippen LogP contribution >= 0.6 is 0 Å². The van der Waals surface area contributed by atoms with Crippen molar-refractivity contribution in [2.24, 2.45) is 17.6 Å². The molecule has 3 rings (SSSR count). The summed E-state index contributed by atoms with van der Waals surface area (Å²) < 4.78 is 13.8. The van der Waals surface area contributed by atoms with Crippen molar-refractivity contribution in [3.63, 3.8) is 0 Å². The highest BCUT2D eigenvalue weighted by Crippen LogP contribution is 2.44. The van der Waals surface area contributed by atoms with Crippen molar-refractivity contribution in [2.45, 2.75) is 38.3 Å². The van der Waals surface area contributed by atoms with Crippen LogP contribution in [0.25, 0.3) is 0 Å². The summed E-state index contributed by atoms with van der Waals surface area (Å²) in [5, 5.41) is 3.46. The van der Waals surface area contributed by atoms with E-state index in [2.05, 4.69) is 5.32 Å². The van der Waals surface area contributed by atoms with Crippen LogP contribution in [0.15, 0.2) is 18.2 Å². The van der Waals surface area contributed by atoms with Gasteiger partial charge in [-0.05, 0) is 43.2 Å². The molecular formula is C15H19FN2O. The Morgan fingerprint density at radius 1 is 1.37 bits per heavy atom. The number of primary amides is 1. The highest BCUT2D eigenvalue weighted by atomic mass is 19.1. The number of halogens is 1. The molecule has 19 heavy (non-hydrogen) atoms. The van der Waals surface area contributed by atoms with E-state index in [1.54, 1.807) is 12.1 Å². The number of benzene rings is 1. The van der Waals surface area contributed by atoms with Crippen LogP contribution in [-0.4, -0.2) is 11.9 Å². The smallest absolute Gasteiger partial charge is 0.248 e. The maximum atomic E-state index is 13.8. The Morgan fingerprint density at radius 2 is 2.21 bits per heavy atom. The van der Waals surface area contributed by atoms with Gasteiger partial charge in [0.15, 0.2) is 0 Å². The minimum Gasteiger partial charge on any atom is -0.366 e. The molecular weight excluding hydrogens is 243 g/mol. The molecule has 3 N–H and O–H groups in total. The molecule has 1 aromatic rings. The molecule has 0 radical (unpaired) electrons. The molecule has 1 aromatic carbocycles. The molecule has 0 aromatic heterocycles. The van der Waals surface area contributed by atoms with Gasteiger partial charge in [-0.1, -0.05) is 12.5 Å². The van der Waals surface area contributed by atoms with Crippen LogP contribution in [-0.2, 0) is 6.54 Å². The van der Waals surface area contributed by atoms with E-state index in [4.69, 9.17) is 5.73 Å². The standard InChI is InChI=1S/C15H19FN2O/c16-13-7-11(15(17)19)3-4-12(13)8-18-14-6-9-1-2-10(14)5-9/h3-4,7,9-10,14,18H,1-2,5-6,8H2,(H2,17,19). The summed E-state index contributed by atoms with van der Waals surface area (Å²) in [6.45, 7) is 0.527. The Labute approximate surface area is 112 Å². The summed E-state index contributed by atoms with van der Waals surface area (Å²) in [5.41, 5.74) is 5.95. The zero-order valence-electron chi connectivity index (χ0n) is 10.9. The van der Waals surface area contributed by atoms with Gasteiger partial charge in [0.05, 0.1) is 0 Å². The minimum absolute atomic E-state index is 0.223. The van der Waals surface area contributed by atoms with Gasteiger partial charge < -0.3 is 11.1 Å². The van der Waals surface area contributed by atoms with E-state index in [0.29, 0.717) is 18.2 Å². The summed E-state index contributed by atoms with van der Waals surface area (Å²) in [5.74, 6) is 0.709. The number of hydrogen-bond acceptors (Lipinski definition) is 2. The Bertz CT molecular complexity index is 503. The molecule has 0 saturated heterocycles. The fraction of sp³-hybridized carbons (Fsp3) is 0.533. The topological polar surface area (TPSA) is 55.1 Å². The van der Waals surface area contributed by atoms with Crippen LogP contribution < -0.4 is 11.1 Å². The van der Waals surface area contributed by atoms with Crippen molar-refractivity contribution < 1.29 is 9.18 Å².